The monoisotopic (exact) mass is 342 g/mol. The third kappa shape index (κ3) is 7.11. The molecule has 0 heterocycles. The molecular weight excluding hydrogens is 316 g/mol. The number of benzene rings is 1. The fourth-order valence-corrected chi connectivity index (χ4v) is 2.87. The van der Waals surface area contributed by atoms with Gasteiger partial charge in [-0.25, -0.2) is 8.42 Å². The van der Waals surface area contributed by atoms with E-state index in [4.69, 9.17) is 4.74 Å². The van der Waals surface area contributed by atoms with Crippen LogP contribution in [-0.4, -0.2) is 51.7 Å². The molecule has 1 aromatic rings. The fraction of sp³-hybridized carbons (Fsp3) is 0.562. The molecule has 0 aromatic heterocycles. The van der Waals surface area contributed by atoms with Crippen molar-refractivity contribution >= 4 is 21.6 Å². The Morgan fingerprint density at radius 2 is 1.87 bits per heavy atom. The molecule has 0 saturated heterocycles. The number of nitrogens with zero attached hydrogens (tertiary/aromatic N) is 1. The molecule has 7 heteroatoms. The van der Waals surface area contributed by atoms with E-state index >= 15 is 0 Å². The summed E-state index contributed by atoms with van der Waals surface area (Å²) in [5.41, 5.74) is 1.84. The quantitative estimate of drug-likeness (QED) is 0.697. The molecule has 1 rings (SSSR count). The number of anilines is 1. The molecule has 1 amide bonds. The van der Waals surface area contributed by atoms with Crippen molar-refractivity contribution < 1.29 is 17.9 Å². The van der Waals surface area contributed by atoms with Gasteiger partial charge in [0.2, 0.25) is 15.9 Å². The maximum Gasteiger partial charge on any atom is 0.239 e. The number of sulfonamides is 1. The number of nitrogens with one attached hydrogen (secondary N) is 1. The molecule has 0 unspecified atom stereocenters. The molecule has 0 atom stereocenters. The van der Waals surface area contributed by atoms with Gasteiger partial charge in [0, 0.05) is 25.9 Å². The molecule has 0 saturated carbocycles. The number of carbonyl (C=O) groups excluding carboxylic acids is 1. The third-order valence-electron chi connectivity index (χ3n) is 3.41. The van der Waals surface area contributed by atoms with Gasteiger partial charge < -0.3 is 10.1 Å². The zero-order valence-electron chi connectivity index (χ0n) is 14.2. The Bertz CT molecular complexity index is 597. The van der Waals surface area contributed by atoms with Gasteiger partial charge in [0.25, 0.3) is 0 Å². The first-order valence-electron chi connectivity index (χ1n) is 7.58. The van der Waals surface area contributed by atoms with Crippen LogP contribution in [0.4, 0.5) is 5.69 Å². The highest BCUT2D eigenvalue weighted by Gasteiger charge is 2.19. The molecule has 0 radical (unpaired) electrons. The number of hydrogen-bond acceptors (Lipinski definition) is 4. The summed E-state index contributed by atoms with van der Waals surface area (Å²) >= 11 is 0. The minimum atomic E-state index is -3.43. The summed E-state index contributed by atoms with van der Waals surface area (Å²) in [6, 6.07) is 7.55. The Kier molecular flexibility index (Phi) is 7.67. The molecule has 0 aliphatic carbocycles. The second-order valence-electron chi connectivity index (χ2n) is 5.77. The number of rotatable bonds is 9. The molecule has 0 aliphatic rings. The summed E-state index contributed by atoms with van der Waals surface area (Å²) in [5.74, 6) is 0.0615. The van der Waals surface area contributed by atoms with Crippen molar-refractivity contribution in [3.8, 4) is 0 Å². The minimum absolute atomic E-state index is 0.200. The lowest BCUT2D eigenvalue weighted by Gasteiger charge is -2.19. The molecule has 0 fully saturated rings. The van der Waals surface area contributed by atoms with Crippen LogP contribution in [0.1, 0.15) is 31.7 Å². The third-order valence-corrected chi connectivity index (χ3v) is 4.66. The van der Waals surface area contributed by atoms with E-state index < -0.39 is 10.0 Å². The first-order chi connectivity index (χ1) is 10.7. The van der Waals surface area contributed by atoms with Gasteiger partial charge in [-0.15, -0.1) is 0 Å². The maximum atomic E-state index is 12.1. The Morgan fingerprint density at radius 1 is 1.26 bits per heavy atom. The van der Waals surface area contributed by atoms with Gasteiger partial charge in [-0.2, -0.15) is 4.31 Å². The van der Waals surface area contributed by atoms with E-state index in [0.717, 1.165) is 10.6 Å². The summed E-state index contributed by atoms with van der Waals surface area (Å²) in [7, 11) is -1.88. The van der Waals surface area contributed by atoms with E-state index in [0.29, 0.717) is 24.6 Å². The average Bonchev–Trinajstić information content (AvgIpc) is 2.46. The first-order valence-corrected chi connectivity index (χ1v) is 9.42. The van der Waals surface area contributed by atoms with Gasteiger partial charge in [0.1, 0.15) is 0 Å². The molecule has 130 valence electrons. The SMILES string of the molecule is COCCCN(CC(=O)Nc1ccc(C(C)C)cc1)S(C)(=O)=O. The average molecular weight is 342 g/mol. The van der Waals surface area contributed by atoms with Crippen LogP contribution in [0.15, 0.2) is 24.3 Å². The van der Waals surface area contributed by atoms with Gasteiger partial charge in [-0.3, -0.25) is 4.79 Å². The number of carbonyl (C=O) groups is 1. The Balaban J connectivity index is 2.64. The number of hydrogen-bond donors (Lipinski definition) is 1. The smallest absolute Gasteiger partial charge is 0.239 e. The summed E-state index contributed by atoms with van der Waals surface area (Å²) in [6.07, 6.45) is 1.64. The lowest BCUT2D eigenvalue weighted by molar-refractivity contribution is -0.116. The van der Waals surface area contributed by atoms with Crippen LogP contribution in [-0.2, 0) is 19.6 Å². The topological polar surface area (TPSA) is 75.7 Å². The zero-order chi connectivity index (χ0) is 17.5. The first kappa shape index (κ1) is 19.6. The van der Waals surface area contributed by atoms with E-state index in [9.17, 15) is 13.2 Å². The summed E-state index contributed by atoms with van der Waals surface area (Å²) in [4.78, 5) is 12.1. The van der Waals surface area contributed by atoms with Crippen molar-refractivity contribution in [2.45, 2.75) is 26.2 Å². The van der Waals surface area contributed by atoms with Crippen molar-refractivity contribution in [3.63, 3.8) is 0 Å². The normalized spacial score (nSPS) is 11.9. The van der Waals surface area contributed by atoms with Gasteiger partial charge in [-0.05, 0) is 30.0 Å². The van der Waals surface area contributed by atoms with E-state index in [1.54, 1.807) is 7.11 Å². The van der Waals surface area contributed by atoms with Crippen LogP contribution in [0, 0.1) is 0 Å². The van der Waals surface area contributed by atoms with Crippen LogP contribution >= 0.6 is 0 Å². The molecule has 23 heavy (non-hydrogen) atoms. The highest BCUT2D eigenvalue weighted by atomic mass is 32.2. The summed E-state index contributed by atoms with van der Waals surface area (Å²) in [5, 5.41) is 2.72. The van der Waals surface area contributed by atoms with Crippen LogP contribution in [0.3, 0.4) is 0 Å². The lowest BCUT2D eigenvalue weighted by atomic mass is 10.0. The van der Waals surface area contributed by atoms with Gasteiger partial charge in [-0.1, -0.05) is 26.0 Å². The van der Waals surface area contributed by atoms with E-state index in [2.05, 4.69) is 19.2 Å². The highest BCUT2D eigenvalue weighted by Crippen LogP contribution is 2.17. The van der Waals surface area contributed by atoms with E-state index in [1.165, 1.54) is 5.56 Å². The standard InChI is InChI=1S/C16H26N2O4S/c1-13(2)14-6-8-15(9-7-14)17-16(19)12-18(23(4,20)21)10-5-11-22-3/h6-9,13H,5,10-12H2,1-4H3,(H,17,19). The predicted molar refractivity (Wildman–Crippen MR) is 92.1 cm³/mol. The van der Waals surface area contributed by atoms with Gasteiger partial charge >= 0.3 is 0 Å². The van der Waals surface area contributed by atoms with Gasteiger partial charge in [0.05, 0.1) is 12.8 Å². The number of amides is 1. The summed E-state index contributed by atoms with van der Waals surface area (Å²) < 4.78 is 29.5. The molecule has 0 spiro atoms. The second-order valence-corrected chi connectivity index (χ2v) is 7.75. The number of methoxy groups -OCH3 is 1. The van der Waals surface area contributed by atoms with Crippen LogP contribution in [0.5, 0.6) is 0 Å². The summed E-state index contributed by atoms with van der Waals surface area (Å²) in [6.45, 7) is 4.69. The molecule has 1 N–H and O–H groups in total. The Labute approximate surface area is 138 Å². The molecule has 0 aliphatic heterocycles. The zero-order valence-corrected chi connectivity index (χ0v) is 15.0. The van der Waals surface area contributed by atoms with Crippen molar-refractivity contribution in [1.82, 2.24) is 4.31 Å². The van der Waals surface area contributed by atoms with Crippen molar-refractivity contribution in [2.75, 3.05) is 38.4 Å². The van der Waals surface area contributed by atoms with Crippen molar-refractivity contribution in [1.29, 1.82) is 0 Å². The second kappa shape index (κ2) is 9.00. The lowest BCUT2D eigenvalue weighted by Crippen LogP contribution is -2.38. The molecule has 1 aromatic carbocycles. The van der Waals surface area contributed by atoms with Crippen LogP contribution in [0.2, 0.25) is 0 Å². The van der Waals surface area contributed by atoms with Crippen molar-refractivity contribution in [2.24, 2.45) is 0 Å². The minimum Gasteiger partial charge on any atom is -0.385 e. The molecule has 6 nitrogen and oxygen atoms in total. The maximum absolute atomic E-state index is 12.1. The Morgan fingerprint density at radius 3 is 2.35 bits per heavy atom. The van der Waals surface area contributed by atoms with Crippen LogP contribution in [0.25, 0.3) is 0 Å². The van der Waals surface area contributed by atoms with Crippen molar-refractivity contribution in [3.05, 3.63) is 29.8 Å². The number of ether oxygens (including phenoxy) is 1. The highest BCUT2D eigenvalue weighted by molar-refractivity contribution is 7.88. The predicted octanol–water partition coefficient (Wildman–Crippen LogP) is 2.05. The molecular formula is C16H26N2O4S. The Hall–Kier alpha value is -1.44. The van der Waals surface area contributed by atoms with E-state index in [1.807, 2.05) is 24.3 Å². The van der Waals surface area contributed by atoms with E-state index in [-0.39, 0.29) is 19.0 Å². The largest absolute Gasteiger partial charge is 0.385 e. The van der Waals surface area contributed by atoms with Gasteiger partial charge in [0.15, 0.2) is 0 Å². The van der Waals surface area contributed by atoms with Crippen LogP contribution < -0.4 is 5.32 Å². The fourth-order valence-electron chi connectivity index (χ4n) is 2.06. The molecule has 0 bridgehead atoms.